The minimum absolute atomic E-state index is 0.113. The van der Waals surface area contributed by atoms with Crippen LogP contribution in [0.1, 0.15) is 32.3 Å². The number of sulfonamides is 1. The monoisotopic (exact) mass is 567 g/mol. The van der Waals surface area contributed by atoms with E-state index in [1.54, 1.807) is 48.5 Å². The lowest BCUT2D eigenvalue weighted by atomic mass is 9.99. The number of hydrogen-bond acceptors (Lipinski definition) is 6. The molecule has 1 heterocycles. The maximum Gasteiger partial charge on any atom is 0.264 e. The topological polar surface area (TPSA) is 79.0 Å². The first-order chi connectivity index (χ1) is 18.8. The Hall–Kier alpha value is -3.17. The quantitative estimate of drug-likeness (QED) is 0.306. The van der Waals surface area contributed by atoms with Crippen molar-refractivity contribution in [2.75, 3.05) is 41.7 Å². The van der Waals surface area contributed by atoms with Crippen LogP contribution in [0.2, 0.25) is 0 Å². The second-order valence-corrected chi connectivity index (χ2v) is 12.5. The average Bonchev–Trinajstić information content (AvgIpc) is 2.95. The van der Waals surface area contributed by atoms with Gasteiger partial charge < -0.3 is 15.0 Å². The van der Waals surface area contributed by atoms with E-state index in [1.165, 1.54) is 30.3 Å². The molecule has 0 radical (unpaired) electrons. The van der Waals surface area contributed by atoms with Crippen molar-refractivity contribution in [1.29, 1.82) is 0 Å². The first kappa shape index (κ1) is 28.8. The summed E-state index contributed by atoms with van der Waals surface area (Å²) in [6, 6.07) is 21.8. The second-order valence-electron chi connectivity index (χ2n) is 9.72. The second kappa shape index (κ2) is 13.3. The van der Waals surface area contributed by atoms with Crippen LogP contribution in [0.4, 0.5) is 11.4 Å². The third-order valence-corrected chi connectivity index (χ3v) is 9.33. The first-order valence-electron chi connectivity index (χ1n) is 13.3. The van der Waals surface area contributed by atoms with E-state index in [4.69, 9.17) is 4.74 Å². The molecular formula is C30H37N3O4S2. The van der Waals surface area contributed by atoms with E-state index in [-0.39, 0.29) is 11.4 Å². The van der Waals surface area contributed by atoms with Crippen LogP contribution >= 0.6 is 11.8 Å². The molecule has 1 fully saturated rings. The summed E-state index contributed by atoms with van der Waals surface area (Å²) in [7, 11) is -4.04. The van der Waals surface area contributed by atoms with Gasteiger partial charge in [-0.15, -0.1) is 11.8 Å². The molecule has 0 spiro atoms. The predicted molar refractivity (Wildman–Crippen MR) is 159 cm³/mol. The third kappa shape index (κ3) is 7.28. The van der Waals surface area contributed by atoms with Gasteiger partial charge in [-0.1, -0.05) is 31.2 Å². The molecule has 3 aromatic rings. The molecule has 1 amide bonds. The van der Waals surface area contributed by atoms with Crippen LogP contribution < -0.4 is 19.3 Å². The molecule has 1 saturated heterocycles. The lowest BCUT2D eigenvalue weighted by molar-refractivity contribution is -0.119. The van der Waals surface area contributed by atoms with E-state index in [9.17, 15) is 13.2 Å². The highest BCUT2D eigenvalue weighted by molar-refractivity contribution is 7.98. The molecule has 39 heavy (non-hydrogen) atoms. The highest BCUT2D eigenvalue weighted by atomic mass is 32.2. The van der Waals surface area contributed by atoms with Crippen molar-refractivity contribution in [2.45, 2.75) is 43.0 Å². The van der Waals surface area contributed by atoms with Gasteiger partial charge in [-0.3, -0.25) is 9.10 Å². The fourth-order valence-electron chi connectivity index (χ4n) is 4.75. The van der Waals surface area contributed by atoms with E-state index < -0.39 is 15.9 Å². The van der Waals surface area contributed by atoms with Crippen molar-refractivity contribution in [3.8, 4) is 5.75 Å². The summed E-state index contributed by atoms with van der Waals surface area (Å²) in [6.07, 6.45) is 4.40. The van der Waals surface area contributed by atoms with Gasteiger partial charge in [-0.05, 0) is 86.0 Å². The summed E-state index contributed by atoms with van der Waals surface area (Å²) < 4.78 is 34.4. The minimum Gasteiger partial charge on any atom is -0.492 e. The summed E-state index contributed by atoms with van der Waals surface area (Å²) in [6.45, 7) is 6.54. The zero-order valence-corrected chi connectivity index (χ0v) is 24.4. The van der Waals surface area contributed by atoms with Crippen LogP contribution in [0.3, 0.4) is 0 Å². The number of benzene rings is 3. The Morgan fingerprint density at radius 3 is 2.46 bits per heavy atom. The molecule has 0 saturated carbocycles. The van der Waals surface area contributed by atoms with Crippen molar-refractivity contribution in [2.24, 2.45) is 5.92 Å². The van der Waals surface area contributed by atoms with Gasteiger partial charge in [-0.2, -0.15) is 0 Å². The molecule has 1 N–H and O–H groups in total. The van der Waals surface area contributed by atoms with Crippen LogP contribution in [0.15, 0.2) is 82.6 Å². The number of carbonyl (C=O) groups excluding carboxylic acids is 1. The lowest BCUT2D eigenvalue weighted by Gasteiger charge is -2.32. The predicted octanol–water partition coefficient (Wildman–Crippen LogP) is 5.56. The maximum absolute atomic E-state index is 13.8. The van der Waals surface area contributed by atoms with Gasteiger partial charge in [-0.25, -0.2) is 8.42 Å². The van der Waals surface area contributed by atoms with Crippen molar-refractivity contribution in [1.82, 2.24) is 5.32 Å². The number of rotatable bonds is 11. The van der Waals surface area contributed by atoms with Crippen molar-refractivity contribution >= 4 is 39.1 Å². The Labute approximate surface area is 236 Å². The number of ether oxygens (including phenoxy) is 1. The zero-order valence-electron chi connectivity index (χ0n) is 22.8. The molecule has 0 aliphatic carbocycles. The van der Waals surface area contributed by atoms with Crippen LogP contribution in [-0.4, -0.2) is 46.8 Å². The number of piperidine rings is 1. The Morgan fingerprint density at radius 1 is 1.08 bits per heavy atom. The maximum atomic E-state index is 13.8. The number of nitrogens with zero attached hydrogens (tertiary/aromatic N) is 2. The molecule has 4 rings (SSSR count). The van der Waals surface area contributed by atoms with Gasteiger partial charge >= 0.3 is 0 Å². The minimum atomic E-state index is -4.04. The molecule has 1 atom stereocenters. The summed E-state index contributed by atoms with van der Waals surface area (Å²) >= 11 is 1.53. The van der Waals surface area contributed by atoms with Gasteiger partial charge in [0.2, 0.25) is 5.91 Å². The highest BCUT2D eigenvalue weighted by Crippen LogP contribution is 2.33. The van der Waals surface area contributed by atoms with E-state index in [0.29, 0.717) is 30.5 Å². The Kier molecular flexibility index (Phi) is 9.80. The lowest BCUT2D eigenvalue weighted by Crippen LogP contribution is -2.41. The van der Waals surface area contributed by atoms with Crippen LogP contribution in [0.25, 0.3) is 0 Å². The third-order valence-electron chi connectivity index (χ3n) is 6.82. The van der Waals surface area contributed by atoms with Gasteiger partial charge in [0.15, 0.2) is 0 Å². The van der Waals surface area contributed by atoms with E-state index >= 15 is 0 Å². The molecule has 3 aromatic carbocycles. The first-order valence-corrected chi connectivity index (χ1v) is 16.0. The van der Waals surface area contributed by atoms with Crippen LogP contribution in [0, 0.1) is 5.92 Å². The molecule has 0 bridgehead atoms. The SMILES string of the molecule is CCOc1ccccc1N(CC(=O)NCc1ccc(N2CCCC(C)C2)cc1)S(=O)(=O)c1ccc(SC)cc1. The van der Waals surface area contributed by atoms with Gasteiger partial charge in [0.25, 0.3) is 10.0 Å². The van der Waals surface area contributed by atoms with Crippen LogP contribution in [0.5, 0.6) is 5.75 Å². The standard InChI is InChI=1S/C30H37N3O4S2/c1-4-37-29-10-6-5-9-28(29)33(39(35,36)27-17-15-26(38-3)16-18-27)22-30(34)31-20-24-11-13-25(14-12-24)32-19-7-8-23(2)21-32/h5-6,9-18,23H,4,7-8,19-22H2,1-3H3,(H,31,34). The van der Waals surface area contributed by atoms with E-state index in [2.05, 4.69) is 29.3 Å². The number of para-hydroxylation sites is 2. The summed E-state index contributed by atoms with van der Waals surface area (Å²) in [5.74, 6) is 0.688. The number of hydrogen-bond donors (Lipinski definition) is 1. The number of nitrogens with one attached hydrogen (secondary N) is 1. The summed E-state index contributed by atoms with van der Waals surface area (Å²) in [4.78, 5) is 16.6. The van der Waals surface area contributed by atoms with Crippen molar-refractivity contribution in [3.05, 3.63) is 78.4 Å². The Balaban J connectivity index is 1.51. The van der Waals surface area contributed by atoms with E-state index in [1.807, 2.05) is 25.3 Å². The smallest absolute Gasteiger partial charge is 0.264 e. The van der Waals surface area contributed by atoms with Gasteiger partial charge in [0, 0.05) is 30.2 Å². The number of thioether (sulfide) groups is 1. The largest absolute Gasteiger partial charge is 0.492 e. The van der Waals surface area contributed by atoms with Crippen LogP contribution in [-0.2, 0) is 21.4 Å². The van der Waals surface area contributed by atoms with Crippen molar-refractivity contribution in [3.63, 3.8) is 0 Å². The molecular weight excluding hydrogens is 530 g/mol. The average molecular weight is 568 g/mol. The molecule has 1 aliphatic heterocycles. The van der Waals surface area contributed by atoms with Gasteiger partial charge in [0.05, 0.1) is 17.2 Å². The molecule has 7 nitrogen and oxygen atoms in total. The fourth-order valence-corrected chi connectivity index (χ4v) is 6.59. The molecule has 1 aliphatic rings. The molecule has 208 valence electrons. The van der Waals surface area contributed by atoms with E-state index in [0.717, 1.165) is 27.9 Å². The Bertz CT molecular complexity index is 1350. The number of amides is 1. The Morgan fingerprint density at radius 2 is 1.79 bits per heavy atom. The van der Waals surface area contributed by atoms with Gasteiger partial charge in [0.1, 0.15) is 12.3 Å². The number of carbonyl (C=O) groups is 1. The molecule has 0 aromatic heterocycles. The highest BCUT2D eigenvalue weighted by Gasteiger charge is 2.29. The zero-order chi connectivity index (χ0) is 27.8. The molecule has 1 unspecified atom stereocenters. The normalized spacial score (nSPS) is 15.6. The number of anilines is 2. The fraction of sp³-hybridized carbons (Fsp3) is 0.367. The van der Waals surface area contributed by atoms with Crippen molar-refractivity contribution < 1.29 is 17.9 Å². The molecule has 9 heteroatoms. The summed E-state index contributed by atoms with van der Waals surface area (Å²) in [5.41, 5.74) is 2.46. The summed E-state index contributed by atoms with van der Waals surface area (Å²) in [5, 5.41) is 2.90.